The molecule has 0 saturated carbocycles. The Balaban J connectivity index is 1.70. The zero-order valence-electron chi connectivity index (χ0n) is 15.8. The molecule has 0 unspecified atom stereocenters. The molecule has 6 nitrogen and oxygen atoms in total. The summed E-state index contributed by atoms with van der Waals surface area (Å²) in [5.74, 6) is -0.697. The topological polar surface area (TPSA) is 83.6 Å². The van der Waals surface area contributed by atoms with Crippen LogP contribution < -0.4 is 5.32 Å². The molecule has 148 valence electrons. The molecular formula is C21H24N2O4S. The molecule has 0 saturated heterocycles. The highest BCUT2D eigenvalue weighted by Crippen LogP contribution is 2.25. The number of nitrogens with zero attached hydrogens (tertiary/aromatic N) is 1. The molecule has 0 aromatic heterocycles. The molecule has 7 heteroatoms. The second kappa shape index (κ2) is 8.56. The van der Waals surface area contributed by atoms with Gasteiger partial charge in [-0.2, -0.15) is 0 Å². The van der Waals surface area contributed by atoms with Crippen LogP contribution in [0, 0.1) is 0 Å². The highest BCUT2D eigenvalue weighted by Gasteiger charge is 2.36. The molecule has 0 fully saturated rings. The van der Waals surface area contributed by atoms with Crippen LogP contribution in [-0.4, -0.2) is 49.7 Å². The first-order valence-electron chi connectivity index (χ1n) is 9.23. The molecule has 3 rings (SSSR count). The van der Waals surface area contributed by atoms with Gasteiger partial charge < -0.3 is 10.2 Å². The van der Waals surface area contributed by atoms with Crippen molar-refractivity contribution in [3.63, 3.8) is 0 Å². The Morgan fingerprint density at radius 3 is 2.46 bits per heavy atom. The van der Waals surface area contributed by atoms with Crippen molar-refractivity contribution >= 4 is 21.7 Å². The van der Waals surface area contributed by atoms with Crippen molar-refractivity contribution in [2.45, 2.75) is 25.4 Å². The average Bonchev–Trinajstić information content (AvgIpc) is 2.99. The van der Waals surface area contributed by atoms with Crippen LogP contribution in [0.15, 0.2) is 54.6 Å². The SMILES string of the molecule is CS(=O)(=O)CC[C@@H](C(=O)NCCc1ccccc1)N1Cc2ccccc2C1=O. The number of sulfone groups is 1. The van der Waals surface area contributed by atoms with Gasteiger partial charge in [-0.05, 0) is 30.0 Å². The molecule has 1 aliphatic heterocycles. The largest absolute Gasteiger partial charge is 0.354 e. The fourth-order valence-electron chi connectivity index (χ4n) is 3.38. The summed E-state index contributed by atoms with van der Waals surface area (Å²) in [6, 6.07) is 16.2. The van der Waals surface area contributed by atoms with Crippen LogP contribution in [0.3, 0.4) is 0 Å². The molecule has 0 bridgehead atoms. The summed E-state index contributed by atoms with van der Waals surface area (Å²) in [5, 5.41) is 2.86. The molecule has 2 aromatic rings. The number of nitrogens with one attached hydrogen (secondary N) is 1. The lowest BCUT2D eigenvalue weighted by Crippen LogP contribution is -2.48. The Morgan fingerprint density at radius 2 is 1.79 bits per heavy atom. The van der Waals surface area contributed by atoms with Crippen molar-refractivity contribution in [2.24, 2.45) is 0 Å². The van der Waals surface area contributed by atoms with Crippen LogP contribution in [0.1, 0.15) is 27.9 Å². The molecule has 2 aromatic carbocycles. The van der Waals surface area contributed by atoms with E-state index in [1.807, 2.05) is 42.5 Å². The van der Waals surface area contributed by atoms with E-state index in [-0.39, 0.29) is 24.0 Å². The Kier molecular flexibility index (Phi) is 6.14. The summed E-state index contributed by atoms with van der Waals surface area (Å²) < 4.78 is 23.3. The number of hydrogen-bond acceptors (Lipinski definition) is 4. The third-order valence-electron chi connectivity index (χ3n) is 4.85. The van der Waals surface area contributed by atoms with Crippen molar-refractivity contribution < 1.29 is 18.0 Å². The molecule has 28 heavy (non-hydrogen) atoms. The van der Waals surface area contributed by atoms with E-state index in [0.29, 0.717) is 25.1 Å². The minimum absolute atomic E-state index is 0.0791. The summed E-state index contributed by atoms with van der Waals surface area (Å²) in [4.78, 5) is 27.1. The molecule has 1 heterocycles. The van der Waals surface area contributed by atoms with E-state index >= 15 is 0 Å². The number of benzene rings is 2. The number of amides is 2. The van der Waals surface area contributed by atoms with E-state index in [4.69, 9.17) is 0 Å². The first-order chi connectivity index (χ1) is 13.3. The third kappa shape index (κ3) is 4.98. The van der Waals surface area contributed by atoms with Gasteiger partial charge in [0.1, 0.15) is 15.9 Å². The smallest absolute Gasteiger partial charge is 0.255 e. The van der Waals surface area contributed by atoms with Gasteiger partial charge in [-0.3, -0.25) is 9.59 Å². The van der Waals surface area contributed by atoms with Crippen molar-refractivity contribution in [1.29, 1.82) is 0 Å². The number of hydrogen-bond donors (Lipinski definition) is 1. The van der Waals surface area contributed by atoms with E-state index in [1.165, 1.54) is 4.90 Å². The lowest BCUT2D eigenvalue weighted by molar-refractivity contribution is -0.125. The monoisotopic (exact) mass is 400 g/mol. The maximum absolute atomic E-state index is 12.8. The highest BCUT2D eigenvalue weighted by atomic mass is 32.2. The minimum Gasteiger partial charge on any atom is -0.354 e. The molecule has 2 amide bonds. The Morgan fingerprint density at radius 1 is 1.11 bits per heavy atom. The second-order valence-electron chi connectivity index (χ2n) is 7.05. The van der Waals surface area contributed by atoms with E-state index in [9.17, 15) is 18.0 Å². The first-order valence-corrected chi connectivity index (χ1v) is 11.3. The van der Waals surface area contributed by atoms with Crippen molar-refractivity contribution in [3.8, 4) is 0 Å². The van der Waals surface area contributed by atoms with Crippen LogP contribution in [0.25, 0.3) is 0 Å². The average molecular weight is 401 g/mol. The van der Waals surface area contributed by atoms with Gasteiger partial charge in [-0.25, -0.2) is 8.42 Å². The van der Waals surface area contributed by atoms with Gasteiger partial charge in [0.2, 0.25) is 5.91 Å². The third-order valence-corrected chi connectivity index (χ3v) is 5.82. The van der Waals surface area contributed by atoms with Gasteiger partial charge in [0.05, 0.1) is 5.75 Å². The highest BCUT2D eigenvalue weighted by molar-refractivity contribution is 7.90. The van der Waals surface area contributed by atoms with Crippen LogP contribution >= 0.6 is 0 Å². The quantitative estimate of drug-likeness (QED) is 0.732. The standard InChI is InChI=1S/C21H24N2O4S/c1-28(26,27)14-12-19(20(24)22-13-11-16-7-3-2-4-8-16)23-15-17-9-5-6-10-18(17)21(23)25/h2-10,19H,11-15H2,1H3,(H,22,24)/t19-/m0/s1. The van der Waals surface area contributed by atoms with Crippen molar-refractivity contribution in [3.05, 3.63) is 71.3 Å². The van der Waals surface area contributed by atoms with Crippen molar-refractivity contribution in [1.82, 2.24) is 10.2 Å². The van der Waals surface area contributed by atoms with Gasteiger partial charge in [-0.1, -0.05) is 48.5 Å². The number of carbonyl (C=O) groups excluding carboxylic acids is 2. The molecular weight excluding hydrogens is 376 g/mol. The van der Waals surface area contributed by atoms with Gasteiger partial charge in [0, 0.05) is 24.9 Å². The maximum atomic E-state index is 12.8. The van der Waals surface area contributed by atoms with Gasteiger partial charge in [0.25, 0.3) is 5.91 Å². The van der Waals surface area contributed by atoms with Gasteiger partial charge >= 0.3 is 0 Å². The fourth-order valence-corrected chi connectivity index (χ4v) is 4.03. The van der Waals surface area contributed by atoms with Crippen LogP contribution in [0.4, 0.5) is 0 Å². The van der Waals surface area contributed by atoms with E-state index < -0.39 is 15.9 Å². The Bertz CT molecular complexity index is 957. The molecule has 0 aliphatic carbocycles. The summed E-state index contributed by atoms with van der Waals surface area (Å²) in [7, 11) is -3.25. The zero-order valence-corrected chi connectivity index (χ0v) is 16.6. The predicted octanol–water partition coefficient (Wildman–Crippen LogP) is 1.80. The second-order valence-corrected chi connectivity index (χ2v) is 9.31. The van der Waals surface area contributed by atoms with E-state index in [0.717, 1.165) is 17.4 Å². The predicted molar refractivity (Wildman–Crippen MR) is 108 cm³/mol. The normalized spacial score (nSPS) is 14.6. The van der Waals surface area contributed by atoms with Crippen LogP contribution in [0.2, 0.25) is 0 Å². The molecule has 0 spiro atoms. The van der Waals surface area contributed by atoms with Crippen LogP contribution in [-0.2, 0) is 27.6 Å². The zero-order chi connectivity index (χ0) is 20.1. The molecule has 1 aliphatic rings. The fraction of sp³-hybridized carbons (Fsp3) is 0.333. The van der Waals surface area contributed by atoms with Gasteiger partial charge in [-0.15, -0.1) is 0 Å². The Labute approximate surface area is 165 Å². The lowest BCUT2D eigenvalue weighted by atomic mass is 10.1. The van der Waals surface area contributed by atoms with E-state index in [1.54, 1.807) is 12.1 Å². The summed E-state index contributed by atoms with van der Waals surface area (Å²) in [6.07, 6.45) is 1.88. The van der Waals surface area contributed by atoms with Crippen LogP contribution in [0.5, 0.6) is 0 Å². The number of carbonyl (C=O) groups is 2. The molecule has 1 atom stereocenters. The number of rotatable bonds is 8. The van der Waals surface area contributed by atoms with Gasteiger partial charge in [0.15, 0.2) is 0 Å². The minimum atomic E-state index is -3.25. The summed E-state index contributed by atoms with van der Waals surface area (Å²) in [5.41, 5.74) is 2.53. The van der Waals surface area contributed by atoms with E-state index in [2.05, 4.69) is 5.32 Å². The molecule has 0 radical (unpaired) electrons. The van der Waals surface area contributed by atoms with Crippen molar-refractivity contribution in [2.75, 3.05) is 18.6 Å². The summed E-state index contributed by atoms with van der Waals surface area (Å²) in [6.45, 7) is 0.739. The number of fused-ring (bicyclic) bond motifs is 1. The first kappa shape index (κ1) is 20.1. The summed E-state index contributed by atoms with van der Waals surface area (Å²) >= 11 is 0. The Hall–Kier alpha value is -2.67. The molecule has 1 N–H and O–H groups in total. The lowest BCUT2D eigenvalue weighted by Gasteiger charge is -2.26. The maximum Gasteiger partial charge on any atom is 0.255 e.